The number of rotatable bonds is 8. The van der Waals surface area contributed by atoms with Crippen molar-refractivity contribution in [3.05, 3.63) is 0 Å². The summed E-state index contributed by atoms with van der Waals surface area (Å²) in [5, 5.41) is 0. The average Bonchev–Trinajstić information content (AvgIpc) is 2.25. The van der Waals surface area contributed by atoms with Gasteiger partial charge in [0.05, 0.1) is 11.1 Å². The van der Waals surface area contributed by atoms with Gasteiger partial charge in [-0.2, -0.15) is 0 Å². The molecular formula is C12H24N2O2S. The molecule has 0 rings (SSSR count). The Bertz CT molecular complexity index is 257. The zero-order valence-electron chi connectivity index (χ0n) is 11.2. The van der Waals surface area contributed by atoms with Crippen LogP contribution in [0.25, 0.3) is 0 Å². The first-order valence-electron chi connectivity index (χ1n) is 5.99. The Hall–Kier alpha value is -0.680. The van der Waals surface area contributed by atoms with Gasteiger partial charge in [0, 0.05) is 32.5 Å². The van der Waals surface area contributed by atoms with Gasteiger partial charge < -0.3 is 15.4 Å². The molecule has 0 saturated heterocycles. The van der Waals surface area contributed by atoms with Crippen LogP contribution in [0.1, 0.15) is 40.0 Å². The molecule has 0 aliphatic rings. The van der Waals surface area contributed by atoms with E-state index >= 15 is 0 Å². The van der Waals surface area contributed by atoms with Crippen molar-refractivity contribution in [2.24, 2.45) is 5.73 Å². The number of carbonyl (C=O) groups excluding carboxylic acids is 1. The van der Waals surface area contributed by atoms with Crippen LogP contribution >= 0.6 is 12.2 Å². The highest BCUT2D eigenvalue weighted by molar-refractivity contribution is 7.80. The van der Waals surface area contributed by atoms with Crippen molar-refractivity contribution in [1.82, 2.24) is 4.90 Å². The molecule has 100 valence electrons. The molecule has 0 saturated carbocycles. The molecule has 0 radical (unpaired) electrons. The van der Waals surface area contributed by atoms with Crippen molar-refractivity contribution in [3.63, 3.8) is 0 Å². The van der Waals surface area contributed by atoms with E-state index < -0.39 is 0 Å². The van der Waals surface area contributed by atoms with Crippen LogP contribution in [0, 0.1) is 0 Å². The molecule has 0 fully saturated rings. The molecule has 1 atom stereocenters. The highest BCUT2D eigenvalue weighted by Gasteiger charge is 2.17. The summed E-state index contributed by atoms with van der Waals surface area (Å²) in [4.78, 5) is 14.3. The predicted molar refractivity (Wildman–Crippen MR) is 74.0 cm³/mol. The van der Waals surface area contributed by atoms with Crippen LogP contribution in [-0.4, -0.2) is 41.6 Å². The molecule has 0 aromatic carbocycles. The maximum absolute atomic E-state index is 12.0. The van der Waals surface area contributed by atoms with Gasteiger partial charge >= 0.3 is 0 Å². The smallest absolute Gasteiger partial charge is 0.222 e. The van der Waals surface area contributed by atoms with Crippen molar-refractivity contribution in [2.75, 3.05) is 13.7 Å². The third kappa shape index (κ3) is 7.28. The molecule has 1 amide bonds. The van der Waals surface area contributed by atoms with E-state index in [1.54, 1.807) is 7.11 Å². The number of hydrogen-bond acceptors (Lipinski definition) is 3. The van der Waals surface area contributed by atoms with Gasteiger partial charge in [-0.05, 0) is 27.2 Å². The fourth-order valence-electron chi connectivity index (χ4n) is 1.49. The van der Waals surface area contributed by atoms with Gasteiger partial charge in [-0.25, -0.2) is 0 Å². The molecule has 0 aliphatic heterocycles. The average molecular weight is 260 g/mol. The Morgan fingerprint density at radius 3 is 2.35 bits per heavy atom. The Kier molecular flexibility index (Phi) is 8.08. The highest BCUT2D eigenvalue weighted by atomic mass is 32.1. The van der Waals surface area contributed by atoms with Crippen LogP contribution in [-0.2, 0) is 9.53 Å². The fourth-order valence-corrected chi connectivity index (χ4v) is 1.58. The first kappa shape index (κ1) is 16.3. The Morgan fingerprint density at radius 2 is 1.94 bits per heavy atom. The summed E-state index contributed by atoms with van der Waals surface area (Å²) in [6.07, 6.45) is 1.94. The lowest BCUT2D eigenvalue weighted by atomic mass is 10.1. The number of thiocarbonyl (C=S) groups is 1. The number of ether oxygens (including phenoxy) is 1. The van der Waals surface area contributed by atoms with Gasteiger partial charge in [-0.1, -0.05) is 12.2 Å². The number of hydrogen-bond donors (Lipinski definition) is 1. The van der Waals surface area contributed by atoms with Crippen molar-refractivity contribution in [3.8, 4) is 0 Å². The van der Waals surface area contributed by atoms with E-state index in [1.807, 2.05) is 25.7 Å². The summed E-state index contributed by atoms with van der Waals surface area (Å²) < 4.78 is 5.13. The van der Waals surface area contributed by atoms with Crippen LogP contribution in [0.2, 0.25) is 0 Å². The highest BCUT2D eigenvalue weighted by Crippen LogP contribution is 2.08. The lowest BCUT2D eigenvalue weighted by molar-refractivity contribution is -0.133. The fraction of sp³-hybridized carbons (Fsp3) is 0.833. The van der Waals surface area contributed by atoms with Gasteiger partial charge in [-0.3, -0.25) is 4.79 Å². The maximum atomic E-state index is 12.0. The van der Waals surface area contributed by atoms with Crippen molar-refractivity contribution in [2.45, 2.75) is 52.2 Å². The third-order valence-electron chi connectivity index (χ3n) is 2.71. The molecule has 4 nitrogen and oxygen atoms in total. The number of methoxy groups -OCH3 is 1. The van der Waals surface area contributed by atoms with Gasteiger partial charge in [0.25, 0.3) is 0 Å². The summed E-state index contributed by atoms with van der Waals surface area (Å²) in [6, 6.07) is 0.176. The molecule has 0 aromatic rings. The first-order valence-corrected chi connectivity index (χ1v) is 6.39. The van der Waals surface area contributed by atoms with Crippen LogP contribution in [0.3, 0.4) is 0 Å². The Labute approximate surface area is 109 Å². The van der Waals surface area contributed by atoms with Crippen molar-refractivity contribution >= 4 is 23.1 Å². The monoisotopic (exact) mass is 260 g/mol. The van der Waals surface area contributed by atoms with Crippen molar-refractivity contribution in [1.29, 1.82) is 0 Å². The van der Waals surface area contributed by atoms with Crippen LogP contribution in [0.4, 0.5) is 0 Å². The lowest BCUT2D eigenvalue weighted by Gasteiger charge is -2.27. The molecule has 5 heteroatoms. The predicted octanol–water partition coefficient (Wildman–Crippen LogP) is 1.71. The summed E-state index contributed by atoms with van der Waals surface area (Å²) in [5.74, 6) is 0.139. The zero-order chi connectivity index (χ0) is 13.4. The van der Waals surface area contributed by atoms with Gasteiger partial charge in [0.1, 0.15) is 0 Å². The first-order chi connectivity index (χ1) is 7.88. The second kappa shape index (κ2) is 8.42. The van der Waals surface area contributed by atoms with Crippen molar-refractivity contribution < 1.29 is 9.53 Å². The second-order valence-electron chi connectivity index (χ2n) is 4.48. The number of nitrogens with zero attached hydrogens (tertiary/aromatic N) is 1. The second-order valence-corrected chi connectivity index (χ2v) is 5.01. The minimum atomic E-state index is 0.114. The SMILES string of the molecule is COC(C)CCC(=O)N(CCC(N)=S)C(C)C. The number of carbonyl (C=O) groups is 1. The van der Waals surface area contributed by atoms with Crippen LogP contribution in [0.15, 0.2) is 0 Å². The molecule has 2 N–H and O–H groups in total. The van der Waals surface area contributed by atoms with Gasteiger partial charge in [0.2, 0.25) is 5.91 Å². The molecule has 0 bridgehead atoms. The number of amides is 1. The van der Waals surface area contributed by atoms with Crippen LogP contribution in [0.5, 0.6) is 0 Å². The van der Waals surface area contributed by atoms with E-state index in [-0.39, 0.29) is 18.1 Å². The molecule has 17 heavy (non-hydrogen) atoms. The van der Waals surface area contributed by atoms with Gasteiger partial charge in [0.15, 0.2) is 0 Å². The molecular weight excluding hydrogens is 236 g/mol. The van der Waals surface area contributed by atoms with E-state index in [2.05, 4.69) is 0 Å². The molecule has 0 spiro atoms. The quantitative estimate of drug-likeness (QED) is 0.675. The minimum absolute atomic E-state index is 0.114. The largest absolute Gasteiger partial charge is 0.393 e. The zero-order valence-corrected chi connectivity index (χ0v) is 12.0. The Balaban J connectivity index is 4.20. The molecule has 1 unspecified atom stereocenters. The summed E-state index contributed by atoms with van der Waals surface area (Å²) in [6.45, 7) is 6.56. The van der Waals surface area contributed by atoms with E-state index in [0.717, 1.165) is 6.42 Å². The summed E-state index contributed by atoms with van der Waals surface area (Å²) in [5.41, 5.74) is 5.46. The Morgan fingerprint density at radius 1 is 1.35 bits per heavy atom. The summed E-state index contributed by atoms with van der Waals surface area (Å²) >= 11 is 4.83. The van der Waals surface area contributed by atoms with Gasteiger partial charge in [-0.15, -0.1) is 0 Å². The third-order valence-corrected chi connectivity index (χ3v) is 2.91. The maximum Gasteiger partial charge on any atom is 0.222 e. The molecule has 0 aliphatic carbocycles. The minimum Gasteiger partial charge on any atom is -0.393 e. The normalized spacial score (nSPS) is 12.5. The molecule has 0 heterocycles. The van der Waals surface area contributed by atoms with E-state index in [9.17, 15) is 4.79 Å². The van der Waals surface area contributed by atoms with Crippen LogP contribution < -0.4 is 5.73 Å². The molecule has 0 aromatic heterocycles. The topological polar surface area (TPSA) is 55.6 Å². The van der Waals surface area contributed by atoms with E-state index in [0.29, 0.717) is 24.4 Å². The van der Waals surface area contributed by atoms with E-state index in [4.69, 9.17) is 22.7 Å². The van der Waals surface area contributed by atoms with E-state index in [1.165, 1.54) is 0 Å². The lowest BCUT2D eigenvalue weighted by Crippen LogP contribution is -2.39. The number of nitrogens with two attached hydrogens (primary N) is 1. The standard InChI is InChI=1S/C12H24N2O2S/c1-9(2)14(8-7-11(13)17)12(15)6-5-10(3)16-4/h9-10H,5-8H2,1-4H3,(H2,13,17). The summed E-state index contributed by atoms with van der Waals surface area (Å²) in [7, 11) is 1.65.